The molecule has 3 aliphatic rings. The van der Waals surface area contributed by atoms with E-state index >= 15 is 0 Å². The summed E-state index contributed by atoms with van der Waals surface area (Å²) in [5.41, 5.74) is 4.38. The number of hydrogen-bond donors (Lipinski definition) is 0. The molecule has 3 fully saturated rings. The Hall–Kier alpha value is -0.780. The van der Waals surface area contributed by atoms with Gasteiger partial charge >= 0.3 is 0 Å². The van der Waals surface area contributed by atoms with Gasteiger partial charge in [-0.05, 0) is 49.0 Å². The Bertz CT molecular complexity index is 352. The first-order valence-electron chi connectivity index (χ1n) is 6.25. The van der Waals surface area contributed by atoms with Gasteiger partial charge in [0.05, 0.1) is 0 Å². The van der Waals surface area contributed by atoms with E-state index in [1.807, 2.05) is 0 Å². The Balaban J connectivity index is 1.75. The maximum Gasteiger partial charge on any atom is -0.00311 e. The largest absolute Gasteiger partial charge is 0.0654 e. The fourth-order valence-electron chi connectivity index (χ4n) is 4.01. The molecule has 80 valence electrons. The molecule has 1 aromatic rings. The van der Waals surface area contributed by atoms with Crippen LogP contribution in [0.15, 0.2) is 24.3 Å². The van der Waals surface area contributed by atoms with Crippen molar-refractivity contribution in [3.63, 3.8) is 0 Å². The molecule has 15 heavy (non-hydrogen) atoms. The fraction of sp³-hybridized carbons (Fsp3) is 0.600. The van der Waals surface area contributed by atoms with Crippen molar-refractivity contribution in [2.75, 3.05) is 0 Å². The third-order valence-corrected chi connectivity index (χ3v) is 4.58. The number of aryl methyl sites for hydroxylation is 1. The van der Waals surface area contributed by atoms with Gasteiger partial charge in [0.25, 0.3) is 0 Å². The van der Waals surface area contributed by atoms with Crippen molar-refractivity contribution in [3.05, 3.63) is 35.4 Å². The van der Waals surface area contributed by atoms with Gasteiger partial charge in [-0.25, -0.2) is 0 Å². The smallest absolute Gasteiger partial charge is 0.00311 e. The van der Waals surface area contributed by atoms with Crippen molar-refractivity contribution < 1.29 is 0 Å². The molecule has 0 atom stereocenters. The first-order valence-corrected chi connectivity index (χ1v) is 6.25. The Kier molecular flexibility index (Phi) is 1.81. The van der Waals surface area contributed by atoms with E-state index in [-0.39, 0.29) is 0 Å². The van der Waals surface area contributed by atoms with E-state index in [9.17, 15) is 0 Å². The highest BCUT2D eigenvalue weighted by molar-refractivity contribution is 5.39. The molecule has 0 unspecified atom stereocenters. The molecule has 0 heteroatoms. The van der Waals surface area contributed by atoms with Gasteiger partial charge in [-0.15, -0.1) is 0 Å². The summed E-state index contributed by atoms with van der Waals surface area (Å²) in [5.74, 6) is 0. The van der Waals surface area contributed by atoms with Gasteiger partial charge in [0, 0.05) is 0 Å². The molecule has 0 heterocycles. The maximum atomic E-state index is 2.35. The third kappa shape index (κ3) is 1.20. The van der Waals surface area contributed by atoms with Crippen LogP contribution in [0.2, 0.25) is 0 Å². The molecule has 1 aromatic carbocycles. The topological polar surface area (TPSA) is 0 Å². The van der Waals surface area contributed by atoms with Crippen LogP contribution < -0.4 is 0 Å². The average Bonchev–Trinajstić information content (AvgIpc) is 2.11. The van der Waals surface area contributed by atoms with E-state index in [0.717, 1.165) is 5.41 Å². The first kappa shape index (κ1) is 9.45. The molecule has 0 nitrogen and oxygen atoms in total. The molecule has 3 saturated carbocycles. The SMILES string of the molecule is CCCC12CC(c3ccc(C)cc3)(C1)C2. The van der Waals surface area contributed by atoms with Crippen molar-refractivity contribution >= 4 is 0 Å². The third-order valence-electron chi connectivity index (χ3n) is 4.58. The molecule has 0 aromatic heterocycles. The second-order valence-electron chi connectivity index (χ2n) is 5.93. The number of hydrogen-bond acceptors (Lipinski definition) is 0. The fourth-order valence-corrected chi connectivity index (χ4v) is 4.01. The van der Waals surface area contributed by atoms with Crippen LogP contribution in [-0.2, 0) is 5.41 Å². The van der Waals surface area contributed by atoms with E-state index in [2.05, 4.69) is 38.1 Å². The summed E-state index contributed by atoms with van der Waals surface area (Å²) >= 11 is 0. The normalized spacial score (nSPS) is 36.9. The lowest BCUT2D eigenvalue weighted by molar-refractivity contribution is -0.146. The van der Waals surface area contributed by atoms with Crippen molar-refractivity contribution in [2.45, 2.75) is 51.4 Å². The standard InChI is InChI=1S/C15H20/c1-3-8-14-9-15(10-14,11-14)13-6-4-12(2)5-7-13/h4-7H,3,8-11H2,1-2H3. The number of benzene rings is 1. The van der Waals surface area contributed by atoms with E-state index in [1.165, 1.54) is 37.7 Å². The zero-order valence-electron chi connectivity index (χ0n) is 9.84. The van der Waals surface area contributed by atoms with Crippen LogP contribution in [0.3, 0.4) is 0 Å². The van der Waals surface area contributed by atoms with Gasteiger partial charge in [0.2, 0.25) is 0 Å². The van der Waals surface area contributed by atoms with Gasteiger partial charge in [-0.1, -0.05) is 43.2 Å². The van der Waals surface area contributed by atoms with Crippen LogP contribution in [0.25, 0.3) is 0 Å². The lowest BCUT2D eigenvalue weighted by Crippen LogP contribution is -2.64. The summed E-state index contributed by atoms with van der Waals surface area (Å²) < 4.78 is 0. The van der Waals surface area contributed by atoms with E-state index in [1.54, 1.807) is 5.56 Å². The molecular weight excluding hydrogens is 180 g/mol. The first-order chi connectivity index (χ1) is 7.18. The summed E-state index contributed by atoms with van der Waals surface area (Å²) in [7, 11) is 0. The zero-order chi connectivity index (χ0) is 10.5. The predicted molar refractivity (Wildman–Crippen MR) is 64.0 cm³/mol. The van der Waals surface area contributed by atoms with E-state index < -0.39 is 0 Å². The van der Waals surface area contributed by atoms with Crippen molar-refractivity contribution in [3.8, 4) is 0 Å². The predicted octanol–water partition coefficient (Wildman–Crippen LogP) is 4.22. The van der Waals surface area contributed by atoms with Crippen LogP contribution in [0.5, 0.6) is 0 Å². The minimum atomic E-state index is 0.614. The van der Waals surface area contributed by atoms with Crippen LogP contribution in [-0.4, -0.2) is 0 Å². The molecular formula is C15H20. The monoisotopic (exact) mass is 200 g/mol. The summed E-state index contributed by atoms with van der Waals surface area (Å²) in [6, 6.07) is 9.24. The van der Waals surface area contributed by atoms with Gasteiger partial charge < -0.3 is 0 Å². The van der Waals surface area contributed by atoms with E-state index in [0.29, 0.717) is 5.41 Å². The molecule has 0 radical (unpaired) electrons. The molecule has 0 aliphatic heterocycles. The minimum Gasteiger partial charge on any atom is -0.0654 e. The molecule has 2 bridgehead atoms. The van der Waals surface area contributed by atoms with Crippen LogP contribution in [0.1, 0.15) is 50.2 Å². The Morgan fingerprint density at radius 2 is 1.67 bits per heavy atom. The highest BCUT2D eigenvalue weighted by atomic mass is 14.7. The lowest BCUT2D eigenvalue weighted by Gasteiger charge is -2.71. The minimum absolute atomic E-state index is 0.614. The Morgan fingerprint density at radius 1 is 1.07 bits per heavy atom. The zero-order valence-corrected chi connectivity index (χ0v) is 9.84. The highest BCUT2D eigenvalue weighted by Gasteiger charge is 2.67. The quantitative estimate of drug-likeness (QED) is 0.685. The lowest BCUT2D eigenvalue weighted by atomic mass is 9.32. The van der Waals surface area contributed by atoms with Crippen LogP contribution in [0, 0.1) is 12.3 Å². The maximum absolute atomic E-state index is 2.35. The van der Waals surface area contributed by atoms with Crippen LogP contribution in [0.4, 0.5) is 0 Å². The van der Waals surface area contributed by atoms with Gasteiger partial charge in [-0.3, -0.25) is 0 Å². The molecule has 0 amide bonds. The van der Waals surface area contributed by atoms with Crippen LogP contribution >= 0.6 is 0 Å². The van der Waals surface area contributed by atoms with Gasteiger partial charge in [0.15, 0.2) is 0 Å². The summed E-state index contributed by atoms with van der Waals surface area (Å²) in [4.78, 5) is 0. The highest BCUT2D eigenvalue weighted by Crippen LogP contribution is 2.75. The summed E-state index contributed by atoms with van der Waals surface area (Å²) in [5, 5.41) is 0. The molecule has 4 rings (SSSR count). The number of rotatable bonds is 3. The van der Waals surface area contributed by atoms with Crippen molar-refractivity contribution in [1.29, 1.82) is 0 Å². The van der Waals surface area contributed by atoms with Gasteiger partial charge in [0.1, 0.15) is 0 Å². The van der Waals surface area contributed by atoms with Gasteiger partial charge in [-0.2, -0.15) is 0 Å². The van der Waals surface area contributed by atoms with Crippen molar-refractivity contribution in [1.82, 2.24) is 0 Å². The average molecular weight is 200 g/mol. The Morgan fingerprint density at radius 3 is 2.20 bits per heavy atom. The van der Waals surface area contributed by atoms with E-state index in [4.69, 9.17) is 0 Å². The molecule has 0 N–H and O–H groups in total. The summed E-state index contributed by atoms with van der Waals surface area (Å²) in [6.45, 7) is 4.49. The Labute approximate surface area is 92.7 Å². The molecule has 0 spiro atoms. The second-order valence-corrected chi connectivity index (χ2v) is 5.93. The molecule has 3 aliphatic carbocycles. The second kappa shape index (κ2) is 2.87. The summed E-state index contributed by atoms with van der Waals surface area (Å²) in [6.07, 6.45) is 7.23. The van der Waals surface area contributed by atoms with Crippen molar-refractivity contribution in [2.24, 2.45) is 5.41 Å². The molecule has 0 saturated heterocycles.